The van der Waals surface area contributed by atoms with Gasteiger partial charge in [-0.1, -0.05) is 47.5 Å². The fourth-order valence-electron chi connectivity index (χ4n) is 3.60. The maximum absolute atomic E-state index is 11.8. The third kappa shape index (κ3) is 3.83. The number of benzene rings is 2. The molecule has 0 spiro atoms. The van der Waals surface area contributed by atoms with Crippen molar-refractivity contribution in [2.75, 3.05) is 13.2 Å². The van der Waals surface area contributed by atoms with Crippen molar-refractivity contribution in [2.24, 2.45) is 0 Å². The van der Waals surface area contributed by atoms with E-state index in [0.717, 1.165) is 23.3 Å². The van der Waals surface area contributed by atoms with Crippen LogP contribution in [0.4, 0.5) is 0 Å². The summed E-state index contributed by atoms with van der Waals surface area (Å²) in [6.45, 7) is 3.14. The van der Waals surface area contributed by atoms with Crippen LogP contribution in [-0.4, -0.2) is 35.2 Å². The number of likely N-dealkylation sites (tertiary alicyclic amines) is 1. The maximum atomic E-state index is 11.8. The zero-order valence-corrected chi connectivity index (χ0v) is 16.0. The van der Waals surface area contributed by atoms with E-state index in [2.05, 4.69) is 0 Å². The van der Waals surface area contributed by atoms with Crippen molar-refractivity contribution < 1.29 is 14.6 Å². The first-order valence-electron chi connectivity index (χ1n) is 8.68. The van der Waals surface area contributed by atoms with E-state index in [9.17, 15) is 9.90 Å². The van der Waals surface area contributed by atoms with E-state index in [0.29, 0.717) is 29.6 Å². The number of carboxylic acid groups (broad SMARTS) is 1. The van der Waals surface area contributed by atoms with Gasteiger partial charge in [0.05, 0.1) is 12.6 Å². The summed E-state index contributed by atoms with van der Waals surface area (Å²) in [6.07, 6.45) is 1.45. The maximum Gasteiger partial charge on any atom is 0.320 e. The largest absolute Gasteiger partial charge is 0.494 e. The van der Waals surface area contributed by atoms with E-state index in [-0.39, 0.29) is 6.04 Å². The summed E-state index contributed by atoms with van der Waals surface area (Å²) < 4.78 is 5.82. The van der Waals surface area contributed by atoms with E-state index < -0.39 is 12.0 Å². The lowest BCUT2D eigenvalue weighted by atomic mass is 9.95. The van der Waals surface area contributed by atoms with Gasteiger partial charge in [-0.05, 0) is 43.5 Å². The molecule has 0 bridgehead atoms. The zero-order chi connectivity index (χ0) is 18.7. The Bertz CT molecular complexity index is 796. The summed E-state index contributed by atoms with van der Waals surface area (Å²) in [7, 11) is 0. The second-order valence-corrected chi connectivity index (χ2v) is 7.12. The van der Waals surface area contributed by atoms with Crippen LogP contribution in [-0.2, 0) is 4.79 Å². The van der Waals surface area contributed by atoms with Crippen LogP contribution in [0.1, 0.15) is 36.9 Å². The van der Waals surface area contributed by atoms with Crippen molar-refractivity contribution >= 4 is 29.2 Å². The average molecular weight is 394 g/mol. The highest BCUT2D eigenvalue weighted by Gasteiger charge is 2.38. The first kappa shape index (κ1) is 19.0. The van der Waals surface area contributed by atoms with E-state index in [1.807, 2.05) is 42.2 Å². The molecule has 2 aromatic rings. The first-order valence-corrected chi connectivity index (χ1v) is 9.43. The molecule has 2 atom stereocenters. The Morgan fingerprint density at radius 3 is 2.73 bits per heavy atom. The van der Waals surface area contributed by atoms with E-state index in [1.165, 1.54) is 0 Å². The van der Waals surface area contributed by atoms with Crippen LogP contribution in [0.2, 0.25) is 10.0 Å². The Balaban J connectivity index is 2.15. The standard InChI is InChI=1S/C20H21Cl2NO3/c1-2-26-18-8-4-3-6-15(18)19(14-10-9-13(21)12-16(14)22)23-11-5-7-17(23)20(24)25/h3-4,6,8-10,12,17,19H,2,5,7,11H2,1H3,(H,24,25). The van der Waals surface area contributed by atoms with Gasteiger partial charge in [-0.15, -0.1) is 0 Å². The monoisotopic (exact) mass is 393 g/mol. The third-order valence-corrected chi connectivity index (χ3v) is 5.24. The van der Waals surface area contributed by atoms with Crippen LogP contribution in [0.3, 0.4) is 0 Å². The van der Waals surface area contributed by atoms with Gasteiger partial charge in [0.1, 0.15) is 11.8 Å². The Kier molecular flexibility index (Phi) is 6.07. The summed E-state index contributed by atoms with van der Waals surface area (Å²) >= 11 is 12.6. The summed E-state index contributed by atoms with van der Waals surface area (Å²) in [5.41, 5.74) is 1.74. The van der Waals surface area contributed by atoms with Crippen LogP contribution >= 0.6 is 23.2 Å². The minimum atomic E-state index is -0.813. The van der Waals surface area contributed by atoms with E-state index in [4.69, 9.17) is 27.9 Å². The predicted octanol–water partition coefficient (Wildman–Crippen LogP) is 5.03. The summed E-state index contributed by atoms with van der Waals surface area (Å²) in [5.74, 6) is -0.0754. The molecule has 4 nitrogen and oxygen atoms in total. The van der Waals surface area contributed by atoms with Crippen LogP contribution in [0.25, 0.3) is 0 Å². The summed E-state index contributed by atoms with van der Waals surface area (Å²) in [4.78, 5) is 13.8. The Morgan fingerprint density at radius 2 is 2.04 bits per heavy atom. The Labute approximate surface area is 163 Å². The van der Waals surface area contributed by atoms with Crippen molar-refractivity contribution in [2.45, 2.75) is 31.8 Å². The number of hydrogen-bond donors (Lipinski definition) is 1. The lowest BCUT2D eigenvalue weighted by Gasteiger charge is -2.33. The van der Waals surface area contributed by atoms with Crippen LogP contribution in [0.5, 0.6) is 5.75 Å². The van der Waals surface area contributed by atoms with Crippen molar-refractivity contribution in [3.05, 3.63) is 63.6 Å². The number of rotatable bonds is 6. The normalized spacial score (nSPS) is 18.7. The molecule has 6 heteroatoms. The molecule has 1 saturated heterocycles. The molecule has 138 valence electrons. The van der Waals surface area contributed by atoms with Gasteiger partial charge in [0, 0.05) is 22.2 Å². The molecule has 0 aromatic heterocycles. The number of carboxylic acids is 1. The molecular weight excluding hydrogens is 373 g/mol. The van der Waals surface area contributed by atoms with Gasteiger partial charge >= 0.3 is 5.97 Å². The average Bonchev–Trinajstić information content (AvgIpc) is 3.08. The zero-order valence-electron chi connectivity index (χ0n) is 14.5. The Morgan fingerprint density at radius 1 is 1.27 bits per heavy atom. The number of nitrogens with zero attached hydrogens (tertiary/aromatic N) is 1. The molecule has 0 radical (unpaired) electrons. The highest BCUT2D eigenvalue weighted by molar-refractivity contribution is 6.35. The minimum Gasteiger partial charge on any atom is -0.494 e. The molecule has 1 aliphatic rings. The SMILES string of the molecule is CCOc1ccccc1C(c1ccc(Cl)cc1Cl)N1CCCC1C(=O)O. The fraction of sp³-hybridized carbons (Fsp3) is 0.350. The predicted molar refractivity (Wildman–Crippen MR) is 103 cm³/mol. The Hall–Kier alpha value is -1.75. The van der Waals surface area contributed by atoms with Crippen molar-refractivity contribution in [3.8, 4) is 5.75 Å². The molecule has 0 amide bonds. The second-order valence-electron chi connectivity index (χ2n) is 6.27. The number of halogens is 2. The quantitative estimate of drug-likeness (QED) is 0.747. The lowest BCUT2D eigenvalue weighted by molar-refractivity contribution is -0.142. The topological polar surface area (TPSA) is 49.8 Å². The van der Waals surface area contributed by atoms with Gasteiger partial charge in [0.2, 0.25) is 0 Å². The third-order valence-electron chi connectivity index (χ3n) is 4.68. The number of aliphatic carboxylic acids is 1. The lowest BCUT2D eigenvalue weighted by Crippen LogP contribution is -2.39. The molecule has 3 rings (SSSR count). The van der Waals surface area contributed by atoms with Crippen LogP contribution in [0.15, 0.2) is 42.5 Å². The van der Waals surface area contributed by atoms with Gasteiger partial charge in [-0.25, -0.2) is 0 Å². The van der Waals surface area contributed by atoms with Gasteiger partial charge in [-0.2, -0.15) is 0 Å². The summed E-state index contributed by atoms with van der Waals surface area (Å²) in [5, 5.41) is 10.8. The van der Waals surface area contributed by atoms with Gasteiger partial charge in [0.25, 0.3) is 0 Å². The van der Waals surface area contributed by atoms with Gasteiger partial charge < -0.3 is 9.84 Å². The number of carbonyl (C=O) groups is 1. The molecular formula is C20H21Cl2NO3. The highest BCUT2D eigenvalue weighted by Crippen LogP contribution is 2.41. The number of ether oxygens (including phenoxy) is 1. The molecule has 2 aromatic carbocycles. The van der Waals surface area contributed by atoms with Crippen molar-refractivity contribution in [1.82, 2.24) is 4.90 Å². The minimum absolute atomic E-state index is 0.314. The first-order chi connectivity index (χ1) is 12.5. The number of hydrogen-bond acceptors (Lipinski definition) is 3. The molecule has 1 aliphatic heterocycles. The van der Waals surface area contributed by atoms with Crippen molar-refractivity contribution in [3.63, 3.8) is 0 Å². The molecule has 26 heavy (non-hydrogen) atoms. The van der Waals surface area contributed by atoms with E-state index in [1.54, 1.807) is 12.1 Å². The molecule has 2 unspecified atom stereocenters. The fourth-order valence-corrected chi connectivity index (χ4v) is 4.12. The second kappa shape index (κ2) is 8.30. The molecule has 0 saturated carbocycles. The molecule has 1 heterocycles. The van der Waals surface area contributed by atoms with Crippen LogP contribution < -0.4 is 4.74 Å². The number of para-hydroxylation sites is 1. The van der Waals surface area contributed by atoms with Crippen molar-refractivity contribution in [1.29, 1.82) is 0 Å². The molecule has 0 aliphatic carbocycles. The van der Waals surface area contributed by atoms with E-state index >= 15 is 0 Å². The van der Waals surface area contributed by atoms with Crippen LogP contribution in [0, 0.1) is 0 Å². The molecule has 1 N–H and O–H groups in total. The summed E-state index contributed by atoms with van der Waals surface area (Å²) in [6, 6.07) is 12.2. The highest BCUT2D eigenvalue weighted by atomic mass is 35.5. The molecule has 1 fully saturated rings. The van der Waals surface area contributed by atoms with Gasteiger partial charge in [-0.3, -0.25) is 9.69 Å². The smallest absolute Gasteiger partial charge is 0.320 e. The van der Waals surface area contributed by atoms with Gasteiger partial charge in [0.15, 0.2) is 0 Å².